The van der Waals surface area contributed by atoms with Gasteiger partial charge in [-0.2, -0.15) is 5.26 Å². The molecular weight excluding hydrogens is 366 g/mol. The van der Waals surface area contributed by atoms with Crippen molar-refractivity contribution < 1.29 is 4.79 Å². The highest BCUT2D eigenvalue weighted by molar-refractivity contribution is 7.98. The fourth-order valence-corrected chi connectivity index (χ4v) is 3.66. The van der Waals surface area contributed by atoms with Crippen LogP contribution in [0.1, 0.15) is 21.5 Å². The second-order valence-corrected chi connectivity index (χ2v) is 7.51. The largest absolute Gasteiger partial charge is 0.336 e. The van der Waals surface area contributed by atoms with Gasteiger partial charge in [0, 0.05) is 37.6 Å². The lowest BCUT2D eigenvalue weighted by Crippen LogP contribution is -2.48. The van der Waals surface area contributed by atoms with Crippen molar-refractivity contribution in [3.05, 3.63) is 64.2 Å². The summed E-state index contributed by atoms with van der Waals surface area (Å²) in [7, 11) is 0. The summed E-state index contributed by atoms with van der Waals surface area (Å²) in [6.45, 7) is 3.86. The van der Waals surface area contributed by atoms with Crippen molar-refractivity contribution in [1.29, 1.82) is 5.26 Å². The lowest BCUT2D eigenvalue weighted by atomic mass is 10.1. The first kappa shape index (κ1) is 18.8. The fourth-order valence-electron chi connectivity index (χ4n) is 3.02. The molecule has 0 N–H and O–H groups in total. The Balaban J connectivity index is 1.59. The first-order chi connectivity index (χ1) is 12.6. The first-order valence-electron chi connectivity index (χ1n) is 8.45. The Morgan fingerprint density at radius 2 is 1.85 bits per heavy atom. The number of nitrogens with zero attached hydrogens (tertiary/aromatic N) is 3. The van der Waals surface area contributed by atoms with Crippen LogP contribution >= 0.6 is 23.4 Å². The number of rotatable bonds is 4. The standard InChI is InChI=1S/C20H20ClN3OS/c1-26-17-6-7-19(21)18(12-17)20(25)24-10-8-23(9-11-24)14-16-4-2-15(13-22)3-5-16/h2-7,12H,8-11,14H2,1H3. The first-order valence-corrected chi connectivity index (χ1v) is 10.0. The number of hydrogen-bond acceptors (Lipinski definition) is 4. The van der Waals surface area contributed by atoms with E-state index in [0.717, 1.165) is 24.5 Å². The lowest BCUT2D eigenvalue weighted by molar-refractivity contribution is 0.0628. The van der Waals surface area contributed by atoms with Gasteiger partial charge in [0.15, 0.2) is 0 Å². The normalized spacial score (nSPS) is 14.9. The van der Waals surface area contributed by atoms with E-state index in [1.807, 2.05) is 47.6 Å². The Hall–Kier alpha value is -2.00. The van der Waals surface area contributed by atoms with Crippen molar-refractivity contribution in [2.75, 3.05) is 32.4 Å². The van der Waals surface area contributed by atoms with Crippen LogP contribution in [0.4, 0.5) is 0 Å². The number of hydrogen-bond donors (Lipinski definition) is 0. The van der Waals surface area contributed by atoms with Crippen LogP contribution in [0.5, 0.6) is 0 Å². The molecule has 0 unspecified atom stereocenters. The van der Waals surface area contributed by atoms with Crippen LogP contribution in [-0.4, -0.2) is 48.1 Å². The van der Waals surface area contributed by atoms with E-state index in [1.54, 1.807) is 17.8 Å². The molecule has 1 aliphatic heterocycles. The number of thioether (sulfide) groups is 1. The van der Waals surface area contributed by atoms with Gasteiger partial charge in [-0.1, -0.05) is 23.7 Å². The highest BCUT2D eigenvalue weighted by Gasteiger charge is 2.23. The number of halogens is 1. The van der Waals surface area contributed by atoms with Crippen LogP contribution in [0, 0.1) is 11.3 Å². The SMILES string of the molecule is CSc1ccc(Cl)c(C(=O)N2CCN(Cc3ccc(C#N)cc3)CC2)c1. The molecule has 1 saturated heterocycles. The quantitative estimate of drug-likeness (QED) is 0.749. The number of piperazine rings is 1. The van der Waals surface area contributed by atoms with Gasteiger partial charge in [0.2, 0.25) is 0 Å². The summed E-state index contributed by atoms with van der Waals surface area (Å²) in [5, 5.41) is 9.38. The molecule has 26 heavy (non-hydrogen) atoms. The third kappa shape index (κ3) is 4.39. The van der Waals surface area contributed by atoms with Gasteiger partial charge in [0.05, 0.1) is 22.2 Å². The molecule has 3 rings (SSSR count). The molecule has 2 aromatic rings. The maximum atomic E-state index is 12.8. The predicted octanol–water partition coefficient (Wildman–Crippen LogP) is 3.89. The van der Waals surface area contributed by atoms with Crippen LogP contribution in [0.15, 0.2) is 47.4 Å². The van der Waals surface area contributed by atoms with Crippen molar-refractivity contribution in [2.24, 2.45) is 0 Å². The van der Waals surface area contributed by atoms with Crippen molar-refractivity contribution in [3.63, 3.8) is 0 Å². The van der Waals surface area contributed by atoms with E-state index >= 15 is 0 Å². The number of amides is 1. The van der Waals surface area contributed by atoms with Gasteiger partial charge >= 0.3 is 0 Å². The van der Waals surface area contributed by atoms with Crippen molar-refractivity contribution in [2.45, 2.75) is 11.4 Å². The number of carbonyl (C=O) groups excluding carboxylic acids is 1. The molecule has 0 saturated carbocycles. The zero-order chi connectivity index (χ0) is 18.5. The number of benzene rings is 2. The Kier molecular flexibility index (Phi) is 6.20. The third-order valence-corrected chi connectivity index (χ3v) is 5.61. The predicted molar refractivity (Wildman–Crippen MR) is 106 cm³/mol. The summed E-state index contributed by atoms with van der Waals surface area (Å²) in [5.41, 5.74) is 2.44. The van der Waals surface area contributed by atoms with Crippen LogP contribution < -0.4 is 0 Å². The van der Waals surface area contributed by atoms with E-state index < -0.39 is 0 Å². The van der Waals surface area contributed by atoms with Crippen molar-refractivity contribution >= 4 is 29.3 Å². The van der Waals surface area contributed by atoms with Crippen LogP contribution in [0.2, 0.25) is 5.02 Å². The summed E-state index contributed by atoms with van der Waals surface area (Å²) in [5.74, 6) is 0.00363. The molecule has 134 valence electrons. The minimum atomic E-state index is 0.00363. The molecule has 6 heteroatoms. The zero-order valence-corrected chi connectivity index (χ0v) is 16.2. The summed E-state index contributed by atoms with van der Waals surface area (Å²) >= 11 is 7.84. The maximum Gasteiger partial charge on any atom is 0.255 e. The van der Waals surface area contributed by atoms with Gasteiger partial charge in [-0.25, -0.2) is 0 Å². The topological polar surface area (TPSA) is 47.3 Å². The molecular formula is C20H20ClN3OS. The summed E-state index contributed by atoms with van der Waals surface area (Å²) in [6, 6.07) is 15.4. The van der Waals surface area contributed by atoms with E-state index in [2.05, 4.69) is 11.0 Å². The zero-order valence-electron chi connectivity index (χ0n) is 14.6. The van der Waals surface area contributed by atoms with E-state index in [-0.39, 0.29) is 5.91 Å². The average molecular weight is 386 g/mol. The monoisotopic (exact) mass is 385 g/mol. The number of nitriles is 1. The van der Waals surface area contributed by atoms with Crippen molar-refractivity contribution in [1.82, 2.24) is 9.80 Å². The Labute approximate surface area is 163 Å². The molecule has 1 aliphatic rings. The average Bonchev–Trinajstić information content (AvgIpc) is 2.69. The van der Waals surface area contributed by atoms with E-state index in [4.69, 9.17) is 16.9 Å². The molecule has 1 amide bonds. The Morgan fingerprint density at radius 1 is 1.15 bits per heavy atom. The van der Waals surface area contributed by atoms with Gasteiger partial charge < -0.3 is 4.90 Å². The third-order valence-electron chi connectivity index (χ3n) is 4.55. The molecule has 4 nitrogen and oxygen atoms in total. The lowest BCUT2D eigenvalue weighted by Gasteiger charge is -2.35. The van der Waals surface area contributed by atoms with Crippen LogP contribution in [0.3, 0.4) is 0 Å². The number of carbonyl (C=O) groups is 1. The van der Waals surface area contributed by atoms with E-state index in [0.29, 0.717) is 29.2 Å². The van der Waals surface area contributed by atoms with E-state index in [1.165, 1.54) is 5.56 Å². The van der Waals surface area contributed by atoms with Gasteiger partial charge in [-0.05, 0) is 42.2 Å². The highest BCUT2D eigenvalue weighted by atomic mass is 35.5. The molecule has 1 heterocycles. The molecule has 0 spiro atoms. The highest BCUT2D eigenvalue weighted by Crippen LogP contribution is 2.24. The fraction of sp³-hybridized carbons (Fsp3) is 0.300. The summed E-state index contributed by atoms with van der Waals surface area (Å²) in [4.78, 5) is 18.0. The second kappa shape index (κ2) is 8.59. The van der Waals surface area contributed by atoms with Gasteiger partial charge in [-0.3, -0.25) is 9.69 Å². The molecule has 0 atom stereocenters. The van der Waals surface area contributed by atoms with Gasteiger partial charge in [-0.15, -0.1) is 11.8 Å². The van der Waals surface area contributed by atoms with Crippen molar-refractivity contribution in [3.8, 4) is 6.07 Å². The molecule has 1 fully saturated rings. The summed E-state index contributed by atoms with van der Waals surface area (Å²) < 4.78 is 0. The summed E-state index contributed by atoms with van der Waals surface area (Å²) in [6.07, 6.45) is 1.99. The maximum absolute atomic E-state index is 12.8. The Bertz CT molecular complexity index is 824. The van der Waals surface area contributed by atoms with Gasteiger partial charge in [0.25, 0.3) is 5.91 Å². The molecule has 0 bridgehead atoms. The molecule has 0 aromatic heterocycles. The van der Waals surface area contributed by atoms with E-state index in [9.17, 15) is 4.79 Å². The molecule has 0 radical (unpaired) electrons. The van der Waals surface area contributed by atoms with Crippen LogP contribution in [0.25, 0.3) is 0 Å². The minimum absolute atomic E-state index is 0.00363. The van der Waals surface area contributed by atoms with Gasteiger partial charge in [0.1, 0.15) is 0 Å². The second-order valence-electron chi connectivity index (χ2n) is 6.22. The molecule has 0 aliphatic carbocycles. The Morgan fingerprint density at radius 3 is 2.46 bits per heavy atom. The van der Waals surface area contributed by atoms with Crippen LogP contribution in [-0.2, 0) is 6.54 Å². The minimum Gasteiger partial charge on any atom is -0.336 e. The smallest absolute Gasteiger partial charge is 0.255 e. The molecule has 2 aromatic carbocycles.